The molecule has 74 valence electrons. The minimum absolute atomic E-state index is 0.153. The number of nitrogens with zero attached hydrogens (tertiary/aromatic N) is 2. The lowest BCUT2D eigenvalue weighted by molar-refractivity contribution is -0.384. The van der Waals surface area contributed by atoms with E-state index in [0.29, 0.717) is 0 Å². The van der Waals surface area contributed by atoms with Crippen molar-refractivity contribution in [3.63, 3.8) is 0 Å². The molecule has 0 aliphatic rings. The van der Waals surface area contributed by atoms with Crippen LogP contribution in [0.5, 0.6) is 0 Å². The number of hydrogen-bond acceptors (Lipinski definition) is 5. The Kier molecular flexibility index (Phi) is 2.79. The van der Waals surface area contributed by atoms with Crippen LogP contribution in [0.4, 0.5) is 16.3 Å². The number of anilines is 1. The van der Waals surface area contributed by atoms with E-state index in [1.54, 1.807) is 5.43 Å². The summed E-state index contributed by atoms with van der Waals surface area (Å²) in [7, 11) is 0. The number of nitro groups is 1. The van der Waals surface area contributed by atoms with Crippen LogP contribution in [0.1, 0.15) is 0 Å². The van der Waals surface area contributed by atoms with E-state index in [9.17, 15) is 14.9 Å². The molecule has 1 aromatic heterocycles. The number of hydrogen-bond donors (Lipinski definition) is 3. The first kappa shape index (κ1) is 9.71. The van der Waals surface area contributed by atoms with Crippen LogP contribution in [0.25, 0.3) is 0 Å². The normalized spacial score (nSPS) is 9.14. The summed E-state index contributed by atoms with van der Waals surface area (Å²) >= 11 is 0. The maximum Gasteiger partial charge on any atom is 0.423 e. The quantitative estimate of drug-likeness (QED) is 0.483. The second kappa shape index (κ2) is 4.03. The number of aromatic nitrogens is 1. The molecule has 3 N–H and O–H groups in total. The fraction of sp³-hybridized carbons (Fsp3) is 0. The molecule has 0 saturated heterocycles. The summed E-state index contributed by atoms with van der Waals surface area (Å²) in [5.41, 5.74) is 3.54. The van der Waals surface area contributed by atoms with Gasteiger partial charge in [0.25, 0.3) is 0 Å². The summed E-state index contributed by atoms with van der Waals surface area (Å²) < 4.78 is 0. The first-order valence-corrected chi connectivity index (χ1v) is 3.45. The zero-order valence-electron chi connectivity index (χ0n) is 6.80. The molecule has 0 bridgehead atoms. The van der Waals surface area contributed by atoms with Crippen LogP contribution < -0.4 is 10.9 Å². The van der Waals surface area contributed by atoms with Crippen LogP contribution in [0.15, 0.2) is 18.3 Å². The molecule has 0 aliphatic carbocycles. The Balaban J connectivity index is 2.84. The highest BCUT2D eigenvalue weighted by Gasteiger charge is 2.13. The van der Waals surface area contributed by atoms with Gasteiger partial charge in [-0.25, -0.2) is 15.2 Å². The highest BCUT2D eigenvalue weighted by atomic mass is 16.6. The van der Waals surface area contributed by atoms with Crippen molar-refractivity contribution in [3.8, 4) is 0 Å². The predicted molar refractivity (Wildman–Crippen MR) is 45.7 cm³/mol. The van der Waals surface area contributed by atoms with Crippen molar-refractivity contribution in [1.82, 2.24) is 10.4 Å². The van der Waals surface area contributed by atoms with Crippen molar-refractivity contribution in [2.75, 3.05) is 5.43 Å². The molecule has 0 unspecified atom stereocenters. The molecule has 0 spiro atoms. The van der Waals surface area contributed by atoms with Crippen LogP contribution in [-0.4, -0.2) is 21.1 Å². The largest absolute Gasteiger partial charge is 0.464 e. The van der Waals surface area contributed by atoms with Gasteiger partial charge in [0, 0.05) is 12.3 Å². The van der Waals surface area contributed by atoms with Gasteiger partial charge in [-0.3, -0.25) is 15.5 Å². The Hall–Kier alpha value is -2.38. The molecule has 0 aliphatic heterocycles. The minimum atomic E-state index is -1.36. The standard InChI is InChI=1S/C6H6N4O4/c11-6(12)9-8-5-4(10(13)14)2-1-3-7-5/h1-3,9H,(H,7,8)(H,11,12). The maximum atomic E-state index is 10.4. The summed E-state index contributed by atoms with van der Waals surface area (Å²) in [6.07, 6.45) is -0.0521. The number of amides is 1. The minimum Gasteiger partial charge on any atom is -0.464 e. The van der Waals surface area contributed by atoms with Crippen LogP contribution in [0.2, 0.25) is 0 Å². The van der Waals surface area contributed by atoms with Gasteiger partial charge in [-0.1, -0.05) is 0 Å². The van der Waals surface area contributed by atoms with Gasteiger partial charge in [-0.05, 0) is 6.07 Å². The third-order valence-corrected chi connectivity index (χ3v) is 1.27. The SMILES string of the molecule is O=C(O)NNc1ncccc1[N+](=O)[O-]. The maximum absolute atomic E-state index is 10.4. The molecule has 14 heavy (non-hydrogen) atoms. The number of hydrazine groups is 1. The molecule has 0 saturated carbocycles. The fourth-order valence-corrected chi connectivity index (χ4v) is 0.753. The van der Waals surface area contributed by atoms with Gasteiger partial charge in [0.05, 0.1) is 4.92 Å². The van der Waals surface area contributed by atoms with E-state index in [2.05, 4.69) is 10.4 Å². The van der Waals surface area contributed by atoms with Gasteiger partial charge in [0.2, 0.25) is 5.82 Å². The Morgan fingerprint density at radius 1 is 1.64 bits per heavy atom. The smallest absolute Gasteiger partial charge is 0.423 e. The fourth-order valence-electron chi connectivity index (χ4n) is 0.753. The first-order chi connectivity index (χ1) is 6.61. The van der Waals surface area contributed by atoms with E-state index < -0.39 is 11.0 Å². The zero-order chi connectivity index (χ0) is 10.6. The van der Waals surface area contributed by atoms with Crippen molar-refractivity contribution in [2.24, 2.45) is 0 Å². The van der Waals surface area contributed by atoms with Gasteiger partial charge in [-0.2, -0.15) is 0 Å². The van der Waals surface area contributed by atoms with Gasteiger partial charge >= 0.3 is 11.8 Å². The lowest BCUT2D eigenvalue weighted by Crippen LogP contribution is -2.28. The Morgan fingerprint density at radius 3 is 2.93 bits per heavy atom. The molecule has 1 rings (SSSR count). The monoisotopic (exact) mass is 198 g/mol. The molecule has 0 aromatic carbocycles. The number of carbonyl (C=O) groups is 1. The Morgan fingerprint density at radius 2 is 2.36 bits per heavy atom. The second-order valence-corrected chi connectivity index (χ2v) is 2.18. The third-order valence-electron chi connectivity index (χ3n) is 1.27. The Bertz CT molecular complexity index is 367. The van der Waals surface area contributed by atoms with Gasteiger partial charge in [-0.15, -0.1) is 0 Å². The molecule has 8 heteroatoms. The molecule has 0 fully saturated rings. The lowest BCUT2D eigenvalue weighted by Gasteiger charge is -2.03. The van der Waals surface area contributed by atoms with E-state index in [1.807, 2.05) is 0 Å². The molecule has 0 radical (unpaired) electrons. The van der Waals surface area contributed by atoms with Crippen LogP contribution in [0.3, 0.4) is 0 Å². The summed E-state index contributed by atoms with van der Waals surface area (Å²) in [5.74, 6) is -0.153. The van der Waals surface area contributed by atoms with Crippen molar-refractivity contribution in [1.29, 1.82) is 0 Å². The van der Waals surface area contributed by atoms with Gasteiger partial charge < -0.3 is 5.11 Å². The highest BCUT2D eigenvalue weighted by molar-refractivity contribution is 5.68. The molecule has 1 heterocycles. The van der Waals surface area contributed by atoms with Gasteiger partial charge in [0.15, 0.2) is 0 Å². The topological polar surface area (TPSA) is 117 Å². The summed E-state index contributed by atoms with van der Waals surface area (Å²) in [5, 5.41) is 18.6. The van der Waals surface area contributed by atoms with Crippen molar-refractivity contribution in [2.45, 2.75) is 0 Å². The molecule has 8 nitrogen and oxygen atoms in total. The van der Waals surface area contributed by atoms with E-state index >= 15 is 0 Å². The molecule has 1 aromatic rings. The number of pyridine rings is 1. The second-order valence-electron chi connectivity index (χ2n) is 2.18. The van der Waals surface area contributed by atoms with E-state index in [1.165, 1.54) is 18.3 Å². The first-order valence-electron chi connectivity index (χ1n) is 3.45. The van der Waals surface area contributed by atoms with E-state index in [-0.39, 0.29) is 11.5 Å². The molecule has 1 amide bonds. The summed E-state index contributed by atoms with van der Waals surface area (Å²) in [6, 6.07) is 2.59. The summed E-state index contributed by atoms with van der Waals surface area (Å²) in [4.78, 5) is 23.4. The average Bonchev–Trinajstić information content (AvgIpc) is 2.15. The number of carboxylic acid groups (broad SMARTS) is 1. The highest BCUT2D eigenvalue weighted by Crippen LogP contribution is 2.18. The van der Waals surface area contributed by atoms with Crippen molar-refractivity contribution in [3.05, 3.63) is 28.4 Å². The lowest BCUT2D eigenvalue weighted by atomic mass is 10.4. The van der Waals surface area contributed by atoms with E-state index in [4.69, 9.17) is 5.11 Å². The zero-order valence-corrected chi connectivity index (χ0v) is 6.80. The van der Waals surface area contributed by atoms with Gasteiger partial charge in [0.1, 0.15) is 0 Å². The Labute approximate surface area is 77.7 Å². The average molecular weight is 198 g/mol. The van der Waals surface area contributed by atoms with Crippen molar-refractivity contribution < 1.29 is 14.8 Å². The number of nitrogens with one attached hydrogen (secondary N) is 2. The number of rotatable bonds is 3. The predicted octanol–water partition coefficient (Wildman–Crippen LogP) is 0.584. The molecule has 0 atom stereocenters. The molecular weight excluding hydrogens is 192 g/mol. The van der Waals surface area contributed by atoms with Crippen molar-refractivity contribution >= 4 is 17.6 Å². The van der Waals surface area contributed by atoms with Crippen LogP contribution >= 0.6 is 0 Å². The van der Waals surface area contributed by atoms with E-state index in [0.717, 1.165) is 0 Å². The molecular formula is C6H6N4O4. The van der Waals surface area contributed by atoms with Crippen LogP contribution in [-0.2, 0) is 0 Å². The van der Waals surface area contributed by atoms with Crippen LogP contribution in [0, 0.1) is 10.1 Å². The summed E-state index contributed by atoms with van der Waals surface area (Å²) in [6.45, 7) is 0. The third kappa shape index (κ3) is 2.30.